The van der Waals surface area contributed by atoms with Crippen LogP contribution in [0.15, 0.2) is 54.7 Å². The van der Waals surface area contributed by atoms with E-state index in [1.54, 1.807) is 49.5 Å². The van der Waals surface area contributed by atoms with Crippen LogP contribution >= 0.6 is 11.3 Å². The molecular formula is C23H20FLiN4O3S. The molecule has 33 heavy (non-hydrogen) atoms. The van der Waals surface area contributed by atoms with E-state index in [1.165, 1.54) is 11.3 Å². The third-order valence-corrected chi connectivity index (χ3v) is 5.73. The second-order valence-electron chi connectivity index (χ2n) is 6.95. The molecule has 7 nitrogen and oxygen atoms in total. The normalized spacial score (nSPS) is 10.5. The molecule has 0 unspecified atom stereocenters. The number of urea groups is 1. The standard InChI is InChI=1S/C23H19FN4O3S.Li.H/c1-2-25-22(31)28-23-27-20-19(24)15(14-8-6-13(7-9-14)11-18(29)30)12-16(21(20)32-23)17-5-3-4-10-26-17;;/h3-10,12H,2,11H2,1H3,(H,29,30)(H2,25,27,28,31);;/q;+1;-1. The van der Waals surface area contributed by atoms with Crippen molar-refractivity contribution in [3.63, 3.8) is 0 Å². The summed E-state index contributed by atoms with van der Waals surface area (Å²) in [4.78, 5) is 31.6. The Bertz CT molecular complexity index is 1300. The summed E-state index contributed by atoms with van der Waals surface area (Å²) in [6.45, 7) is 2.25. The molecule has 0 fully saturated rings. The maximum Gasteiger partial charge on any atom is 1.00 e. The number of pyridine rings is 1. The Kier molecular flexibility index (Phi) is 7.82. The van der Waals surface area contributed by atoms with Crippen molar-refractivity contribution in [3.05, 3.63) is 66.1 Å². The van der Waals surface area contributed by atoms with E-state index in [0.717, 1.165) is 0 Å². The Morgan fingerprint density at radius 1 is 1.15 bits per heavy atom. The molecule has 0 radical (unpaired) electrons. The molecule has 2 heterocycles. The zero-order valence-electron chi connectivity index (χ0n) is 19.1. The van der Waals surface area contributed by atoms with E-state index < -0.39 is 17.8 Å². The van der Waals surface area contributed by atoms with E-state index in [-0.39, 0.29) is 37.4 Å². The third kappa shape index (κ3) is 5.39. The number of carboxylic acids is 1. The molecule has 2 aromatic carbocycles. The molecule has 0 spiro atoms. The van der Waals surface area contributed by atoms with Crippen molar-refractivity contribution in [1.82, 2.24) is 15.3 Å². The number of rotatable bonds is 6. The Labute approximate surface area is 206 Å². The Morgan fingerprint density at radius 3 is 2.55 bits per heavy atom. The van der Waals surface area contributed by atoms with E-state index in [2.05, 4.69) is 20.6 Å². The number of anilines is 1. The summed E-state index contributed by atoms with van der Waals surface area (Å²) < 4.78 is 16.1. The molecule has 0 bridgehead atoms. The number of carbonyl (C=O) groups is 2. The van der Waals surface area contributed by atoms with Crippen molar-refractivity contribution in [2.45, 2.75) is 13.3 Å². The molecule has 0 aliphatic heterocycles. The molecule has 164 valence electrons. The fourth-order valence-electron chi connectivity index (χ4n) is 3.31. The molecule has 4 aromatic rings. The second kappa shape index (κ2) is 10.6. The van der Waals surface area contributed by atoms with E-state index in [4.69, 9.17) is 5.11 Å². The van der Waals surface area contributed by atoms with Crippen LogP contribution in [0.4, 0.5) is 14.3 Å². The Balaban J connectivity index is 0.00000204. The van der Waals surface area contributed by atoms with Gasteiger partial charge < -0.3 is 11.8 Å². The topological polar surface area (TPSA) is 104 Å². The number of carbonyl (C=O) groups excluding carboxylic acids is 1. The summed E-state index contributed by atoms with van der Waals surface area (Å²) >= 11 is 1.17. The number of amides is 2. The number of halogens is 1. The number of hydrogen-bond acceptors (Lipinski definition) is 5. The number of aliphatic carboxylic acids is 1. The van der Waals surface area contributed by atoms with Gasteiger partial charge in [-0.2, -0.15) is 0 Å². The van der Waals surface area contributed by atoms with E-state index in [9.17, 15) is 9.59 Å². The minimum Gasteiger partial charge on any atom is -1.00 e. The van der Waals surface area contributed by atoms with Gasteiger partial charge in [-0.25, -0.2) is 14.2 Å². The van der Waals surface area contributed by atoms with Crippen LogP contribution < -0.4 is 29.5 Å². The SMILES string of the molecule is CCNC(=O)Nc1nc2c(F)c(-c3ccc(CC(=O)O)cc3)cc(-c3ccccn3)c2s1.[H-].[Li+]. The fraction of sp³-hybridized carbons (Fsp3) is 0.130. The van der Waals surface area contributed by atoms with Crippen LogP contribution in [0.3, 0.4) is 0 Å². The van der Waals surface area contributed by atoms with Gasteiger partial charge in [0.15, 0.2) is 10.9 Å². The Morgan fingerprint density at radius 2 is 1.91 bits per heavy atom. The van der Waals surface area contributed by atoms with Gasteiger partial charge >= 0.3 is 30.9 Å². The van der Waals surface area contributed by atoms with E-state index in [1.807, 2.05) is 12.1 Å². The number of nitrogens with zero attached hydrogens (tertiary/aromatic N) is 2. The monoisotopic (exact) mass is 458 g/mol. The first kappa shape index (κ1) is 24.4. The zero-order chi connectivity index (χ0) is 22.7. The predicted molar refractivity (Wildman–Crippen MR) is 123 cm³/mol. The molecule has 0 aliphatic carbocycles. The van der Waals surface area contributed by atoms with Gasteiger partial charge in [0.2, 0.25) is 0 Å². The van der Waals surface area contributed by atoms with Crippen molar-refractivity contribution in [2.75, 3.05) is 11.9 Å². The molecule has 2 amide bonds. The number of nitrogens with one attached hydrogen (secondary N) is 2. The summed E-state index contributed by atoms with van der Waals surface area (Å²) in [6, 6.07) is 13.4. The third-order valence-electron chi connectivity index (χ3n) is 4.72. The van der Waals surface area contributed by atoms with Gasteiger partial charge in [0.1, 0.15) is 5.52 Å². The number of fused-ring (bicyclic) bond motifs is 1. The maximum absolute atomic E-state index is 15.6. The van der Waals surface area contributed by atoms with Crippen LogP contribution in [-0.4, -0.2) is 33.6 Å². The minimum atomic E-state index is -0.933. The molecule has 3 N–H and O–H groups in total. The largest absolute Gasteiger partial charge is 1.00 e. The van der Waals surface area contributed by atoms with Crippen molar-refractivity contribution in [1.29, 1.82) is 0 Å². The molecule has 2 aromatic heterocycles. The van der Waals surface area contributed by atoms with Gasteiger partial charge in [0.05, 0.1) is 16.8 Å². The fourth-order valence-corrected chi connectivity index (χ4v) is 4.29. The van der Waals surface area contributed by atoms with Gasteiger partial charge in [-0.15, -0.1) is 0 Å². The maximum atomic E-state index is 15.6. The minimum absolute atomic E-state index is 0. The van der Waals surface area contributed by atoms with Crippen LogP contribution in [0.2, 0.25) is 0 Å². The quantitative estimate of drug-likeness (QED) is 0.384. The van der Waals surface area contributed by atoms with Gasteiger partial charge in [-0.05, 0) is 36.2 Å². The van der Waals surface area contributed by atoms with Crippen LogP contribution in [0.5, 0.6) is 0 Å². The first-order chi connectivity index (χ1) is 15.5. The molecule has 0 aliphatic rings. The average molecular weight is 458 g/mol. The summed E-state index contributed by atoms with van der Waals surface area (Å²) in [5.74, 6) is -1.46. The van der Waals surface area contributed by atoms with Gasteiger partial charge in [-0.1, -0.05) is 41.7 Å². The van der Waals surface area contributed by atoms with Gasteiger partial charge in [-0.3, -0.25) is 15.1 Å². The molecule has 4 rings (SSSR count). The average Bonchev–Trinajstić information content (AvgIpc) is 3.19. The number of hydrogen-bond donors (Lipinski definition) is 3. The number of benzene rings is 2. The van der Waals surface area contributed by atoms with Gasteiger partial charge in [0.25, 0.3) is 0 Å². The van der Waals surface area contributed by atoms with E-state index in [0.29, 0.717) is 39.2 Å². The number of carboxylic acid groups (broad SMARTS) is 1. The van der Waals surface area contributed by atoms with Crippen molar-refractivity contribution in [3.8, 4) is 22.4 Å². The molecule has 0 saturated heterocycles. The number of thiazole rings is 1. The summed E-state index contributed by atoms with van der Waals surface area (Å²) in [5, 5.41) is 14.5. The van der Waals surface area contributed by atoms with Crippen LogP contribution in [0, 0.1) is 5.82 Å². The van der Waals surface area contributed by atoms with E-state index >= 15 is 4.39 Å². The van der Waals surface area contributed by atoms with Crippen LogP contribution in [0.1, 0.15) is 13.9 Å². The Hall–Kier alpha value is -3.25. The van der Waals surface area contributed by atoms with Crippen LogP contribution in [-0.2, 0) is 11.2 Å². The molecule has 0 atom stereocenters. The van der Waals surface area contributed by atoms with Crippen LogP contribution in [0.25, 0.3) is 32.6 Å². The molecule has 0 saturated carbocycles. The molecule has 10 heteroatoms. The second-order valence-corrected chi connectivity index (χ2v) is 7.95. The molecular weight excluding hydrogens is 438 g/mol. The first-order valence-electron chi connectivity index (χ1n) is 9.86. The zero-order valence-corrected chi connectivity index (χ0v) is 18.9. The van der Waals surface area contributed by atoms with Crippen molar-refractivity contribution in [2.24, 2.45) is 0 Å². The smallest absolute Gasteiger partial charge is 1.00 e. The summed E-state index contributed by atoms with van der Waals surface area (Å²) in [7, 11) is 0. The predicted octanol–water partition coefficient (Wildman–Crippen LogP) is 2.05. The number of aromatic nitrogens is 2. The van der Waals surface area contributed by atoms with Crippen molar-refractivity contribution >= 4 is 38.7 Å². The first-order valence-corrected chi connectivity index (χ1v) is 10.7. The summed E-state index contributed by atoms with van der Waals surface area (Å²) in [5.41, 5.74) is 2.99. The summed E-state index contributed by atoms with van der Waals surface area (Å²) in [6.07, 6.45) is 1.54. The van der Waals surface area contributed by atoms with Gasteiger partial charge in [0, 0.05) is 23.9 Å². The van der Waals surface area contributed by atoms with Crippen molar-refractivity contribution < 1.29 is 39.4 Å².